The molecule has 4 atom stereocenters. The molecule has 1 N–H and O–H groups in total. The Balaban J connectivity index is 1.48. The van der Waals surface area contributed by atoms with Gasteiger partial charge in [0.15, 0.2) is 0 Å². The largest absolute Gasteiger partial charge is 0.390 e. The summed E-state index contributed by atoms with van der Waals surface area (Å²) in [7, 11) is 0. The molecule has 4 aliphatic rings. The van der Waals surface area contributed by atoms with Crippen molar-refractivity contribution < 1.29 is 9.90 Å². The molecule has 6 rings (SSSR count). The van der Waals surface area contributed by atoms with Crippen molar-refractivity contribution in [3.63, 3.8) is 0 Å². The maximum atomic E-state index is 14.1. The zero-order valence-electron chi connectivity index (χ0n) is 17.1. The van der Waals surface area contributed by atoms with Crippen LogP contribution in [0.5, 0.6) is 0 Å². The molecule has 5 heteroatoms. The summed E-state index contributed by atoms with van der Waals surface area (Å²) in [5.74, 6) is 0.731. The van der Waals surface area contributed by atoms with Gasteiger partial charge in [-0.1, -0.05) is 19.4 Å². The highest BCUT2D eigenvalue weighted by atomic mass is 32.1. The van der Waals surface area contributed by atoms with Crippen LogP contribution >= 0.6 is 11.3 Å². The second-order valence-electron chi connectivity index (χ2n) is 10.0. The molecule has 29 heavy (non-hydrogen) atoms. The molecule has 4 saturated carbocycles. The van der Waals surface area contributed by atoms with Crippen molar-refractivity contribution in [3.8, 4) is 0 Å². The van der Waals surface area contributed by atoms with Gasteiger partial charge in [-0.2, -0.15) is 11.3 Å². The quantitative estimate of drug-likeness (QED) is 0.745. The lowest BCUT2D eigenvalue weighted by Crippen LogP contribution is -2.64. The van der Waals surface area contributed by atoms with Crippen LogP contribution in [-0.2, 0) is 17.9 Å². The Labute approximate surface area is 177 Å². The van der Waals surface area contributed by atoms with Gasteiger partial charge < -0.3 is 10.0 Å². The van der Waals surface area contributed by atoms with Crippen molar-refractivity contribution in [2.24, 2.45) is 16.7 Å². The number of carbonyl (C=O) groups is 1. The molecule has 4 nitrogen and oxygen atoms in total. The van der Waals surface area contributed by atoms with Crippen LogP contribution in [0.2, 0.25) is 0 Å². The molecular formula is C24H30N2O2S. The molecule has 154 valence electrons. The lowest BCUT2D eigenvalue weighted by Gasteiger charge is -2.64. The number of rotatable bonds is 6. The van der Waals surface area contributed by atoms with Crippen LogP contribution in [-0.4, -0.2) is 26.5 Å². The molecule has 1 amide bonds. The number of carbonyl (C=O) groups excluding carboxylic acids is 1. The average Bonchev–Trinajstić information content (AvgIpc) is 3.19. The first-order valence-electron chi connectivity index (χ1n) is 10.9. The second kappa shape index (κ2) is 6.92. The topological polar surface area (TPSA) is 53.4 Å². The monoisotopic (exact) mass is 410 g/mol. The van der Waals surface area contributed by atoms with E-state index < -0.39 is 11.0 Å². The molecule has 4 unspecified atom stereocenters. The van der Waals surface area contributed by atoms with Gasteiger partial charge in [-0.3, -0.25) is 9.78 Å². The average molecular weight is 411 g/mol. The number of pyridine rings is 1. The first-order chi connectivity index (χ1) is 13.9. The minimum Gasteiger partial charge on any atom is -0.390 e. The van der Waals surface area contributed by atoms with E-state index in [1.54, 1.807) is 17.5 Å². The summed E-state index contributed by atoms with van der Waals surface area (Å²) in [5, 5.41) is 15.6. The van der Waals surface area contributed by atoms with E-state index in [9.17, 15) is 9.90 Å². The van der Waals surface area contributed by atoms with Crippen molar-refractivity contribution in [3.05, 3.63) is 52.5 Å². The van der Waals surface area contributed by atoms with E-state index in [0.29, 0.717) is 25.4 Å². The molecule has 0 aliphatic heterocycles. The van der Waals surface area contributed by atoms with Gasteiger partial charge in [0, 0.05) is 25.5 Å². The third-order valence-corrected chi connectivity index (χ3v) is 8.43. The number of aromatic nitrogens is 1. The van der Waals surface area contributed by atoms with Crippen molar-refractivity contribution in [1.29, 1.82) is 0 Å². The van der Waals surface area contributed by atoms with Crippen molar-refractivity contribution in [2.75, 3.05) is 0 Å². The van der Waals surface area contributed by atoms with E-state index in [1.165, 1.54) is 12.0 Å². The summed E-state index contributed by atoms with van der Waals surface area (Å²) in [5.41, 5.74) is 1.34. The van der Waals surface area contributed by atoms with Gasteiger partial charge in [0.2, 0.25) is 5.91 Å². The Bertz CT molecular complexity index is 886. The van der Waals surface area contributed by atoms with Gasteiger partial charge in [0.1, 0.15) is 0 Å². The molecule has 2 heterocycles. The summed E-state index contributed by atoms with van der Waals surface area (Å²) in [6.07, 6.45) is 10.2. The molecule has 0 spiro atoms. The number of thiophene rings is 1. The van der Waals surface area contributed by atoms with Crippen molar-refractivity contribution >= 4 is 17.2 Å². The van der Waals surface area contributed by atoms with E-state index in [2.05, 4.69) is 28.7 Å². The lowest BCUT2D eigenvalue weighted by atomic mass is 9.42. The number of nitrogens with zero attached hydrogens (tertiary/aromatic N) is 2. The standard InChI is InChI=1S/C24H30N2O2S/c1-2-22-8-20-9-23(15-22,17-24(28,10-20)16-22)21(27)26(13-19-5-7-29-14-19)12-18-4-3-6-25-11-18/h3-7,11,14,20,28H,2,8-10,12-13,15-17H2,1H3. The predicted molar refractivity (Wildman–Crippen MR) is 114 cm³/mol. The van der Waals surface area contributed by atoms with Gasteiger partial charge in [0.05, 0.1) is 11.0 Å². The van der Waals surface area contributed by atoms with E-state index >= 15 is 0 Å². The van der Waals surface area contributed by atoms with Crippen LogP contribution in [0, 0.1) is 16.7 Å². The predicted octanol–water partition coefficient (Wildman–Crippen LogP) is 4.78. The summed E-state index contributed by atoms with van der Waals surface area (Å²) in [4.78, 5) is 20.4. The number of aliphatic hydroxyl groups is 1. The third kappa shape index (κ3) is 3.42. The second-order valence-corrected chi connectivity index (χ2v) is 10.8. The van der Waals surface area contributed by atoms with E-state index in [-0.39, 0.29) is 11.3 Å². The lowest BCUT2D eigenvalue weighted by molar-refractivity contribution is -0.210. The van der Waals surface area contributed by atoms with Crippen LogP contribution in [0.25, 0.3) is 0 Å². The van der Waals surface area contributed by atoms with Crippen LogP contribution in [0.15, 0.2) is 41.4 Å². The third-order valence-electron chi connectivity index (χ3n) is 7.70. The fourth-order valence-electron chi connectivity index (χ4n) is 7.07. The van der Waals surface area contributed by atoms with Crippen LogP contribution in [0.1, 0.15) is 63.0 Å². The smallest absolute Gasteiger partial charge is 0.229 e. The molecule has 4 fully saturated rings. The van der Waals surface area contributed by atoms with Gasteiger partial charge in [-0.25, -0.2) is 0 Å². The number of hydrogen-bond donors (Lipinski definition) is 1. The summed E-state index contributed by atoms with van der Waals surface area (Å²) in [6.45, 7) is 3.45. The van der Waals surface area contributed by atoms with Crippen LogP contribution in [0.4, 0.5) is 0 Å². The highest BCUT2D eigenvalue weighted by molar-refractivity contribution is 7.07. The number of amides is 1. The molecule has 2 aromatic rings. The molecule has 0 radical (unpaired) electrons. The van der Waals surface area contributed by atoms with Crippen LogP contribution < -0.4 is 0 Å². The molecule has 4 aliphatic carbocycles. The zero-order chi connectivity index (χ0) is 20.1. The van der Waals surface area contributed by atoms with E-state index in [1.807, 2.05) is 23.2 Å². The maximum Gasteiger partial charge on any atom is 0.229 e. The summed E-state index contributed by atoms with van der Waals surface area (Å²) >= 11 is 1.67. The summed E-state index contributed by atoms with van der Waals surface area (Å²) < 4.78 is 0. The first kappa shape index (κ1) is 19.3. The Hall–Kier alpha value is -1.72. The molecule has 0 saturated heterocycles. The maximum absolute atomic E-state index is 14.1. The molecule has 4 bridgehead atoms. The molecule has 0 aromatic carbocycles. The van der Waals surface area contributed by atoms with Gasteiger partial charge in [0.25, 0.3) is 0 Å². The van der Waals surface area contributed by atoms with Crippen LogP contribution in [0.3, 0.4) is 0 Å². The van der Waals surface area contributed by atoms with Gasteiger partial charge >= 0.3 is 0 Å². The number of hydrogen-bond acceptors (Lipinski definition) is 4. The Morgan fingerprint density at radius 2 is 2.07 bits per heavy atom. The van der Waals surface area contributed by atoms with E-state index in [0.717, 1.165) is 37.7 Å². The van der Waals surface area contributed by atoms with Crippen molar-refractivity contribution in [1.82, 2.24) is 9.88 Å². The fraction of sp³-hybridized carbons (Fsp3) is 0.583. The summed E-state index contributed by atoms with van der Waals surface area (Å²) in [6, 6.07) is 6.08. The highest BCUT2D eigenvalue weighted by Crippen LogP contribution is 2.68. The highest BCUT2D eigenvalue weighted by Gasteiger charge is 2.65. The fourth-order valence-corrected chi connectivity index (χ4v) is 7.73. The van der Waals surface area contributed by atoms with Gasteiger partial charge in [-0.15, -0.1) is 0 Å². The minimum atomic E-state index is -0.645. The molecular weight excluding hydrogens is 380 g/mol. The van der Waals surface area contributed by atoms with E-state index in [4.69, 9.17) is 0 Å². The minimum absolute atomic E-state index is 0.145. The Morgan fingerprint density at radius 3 is 2.76 bits per heavy atom. The molecule has 2 aromatic heterocycles. The van der Waals surface area contributed by atoms with Crippen molar-refractivity contribution in [2.45, 2.75) is 70.6 Å². The zero-order valence-corrected chi connectivity index (χ0v) is 18.0. The Morgan fingerprint density at radius 1 is 1.21 bits per heavy atom. The normalized spacial score (nSPS) is 35.0. The first-order valence-corrected chi connectivity index (χ1v) is 11.8. The Kier molecular flexibility index (Phi) is 4.59. The van der Waals surface area contributed by atoms with Gasteiger partial charge in [-0.05, 0) is 83.9 Å². The SMILES string of the molecule is CCC12CC3CC(O)(C1)CC(C(=O)N(Cc1cccnc1)Cc1ccsc1)(C3)C2.